The van der Waals surface area contributed by atoms with E-state index in [0.717, 1.165) is 18.8 Å². The predicted molar refractivity (Wildman–Crippen MR) is 75.2 cm³/mol. The summed E-state index contributed by atoms with van der Waals surface area (Å²) < 4.78 is 7.64. The number of thioether (sulfide) groups is 1. The fourth-order valence-corrected chi connectivity index (χ4v) is 3.70. The third-order valence-electron chi connectivity index (χ3n) is 3.58. The summed E-state index contributed by atoms with van der Waals surface area (Å²) in [4.78, 5) is 0. The van der Waals surface area contributed by atoms with Crippen LogP contribution in [-0.4, -0.2) is 40.0 Å². The number of nitrogens with one attached hydrogen (secondary N) is 1. The SMILES string of the molecule is c1nn(CC2CCCO2)cc1NC1CCCSC1. The Kier molecular flexibility index (Phi) is 4.10. The van der Waals surface area contributed by atoms with Crippen molar-refractivity contribution in [2.45, 2.75) is 44.4 Å². The number of hydrogen-bond acceptors (Lipinski definition) is 4. The second-order valence-electron chi connectivity index (χ2n) is 5.14. The number of ether oxygens (including phenoxy) is 1. The van der Waals surface area contributed by atoms with Crippen LogP contribution in [0.4, 0.5) is 5.69 Å². The van der Waals surface area contributed by atoms with Gasteiger partial charge in [0.05, 0.1) is 24.5 Å². The molecule has 2 atom stereocenters. The summed E-state index contributed by atoms with van der Waals surface area (Å²) in [5.74, 6) is 2.54. The summed E-state index contributed by atoms with van der Waals surface area (Å²) in [7, 11) is 0. The highest BCUT2D eigenvalue weighted by molar-refractivity contribution is 7.99. The zero-order chi connectivity index (χ0) is 12.2. The van der Waals surface area contributed by atoms with E-state index in [0.29, 0.717) is 12.1 Å². The van der Waals surface area contributed by atoms with Crippen molar-refractivity contribution in [3.05, 3.63) is 12.4 Å². The van der Waals surface area contributed by atoms with Gasteiger partial charge in [-0.1, -0.05) is 0 Å². The zero-order valence-electron chi connectivity index (χ0n) is 10.7. The summed E-state index contributed by atoms with van der Waals surface area (Å²) >= 11 is 2.05. The lowest BCUT2D eigenvalue weighted by molar-refractivity contribution is 0.0940. The summed E-state index contributed by atoms with van der Waals surface area (Å²) in [6, 6.07) is 0.615. The number of anilines is 1. The van der Waals surface area contributed by atoms with Crippen molar-refractivity contribution in [2.24, 2.45) is 0 Å². The molecule has 3 heterocycles. The van der Waals surface area contributed by atoms with E-state index in [-0.39, 0.29) is 0 Å². The monoisotopic (exact) mass is 267 g/mol. The molecule has 0 aromatic carbocycles. The number of rotatable bonds is 4. The van der Waals surface area contributed by atoms with Crippen LogP contribution < -0.4 is 5.32 Å². The van der Waals surface area contributed by atoms with Crippen LogP contribution in [0.3, 0.4) is 0 Å². The van der Waals surface area contributed by atoms with Gasteiger partial charge in [-0.25, -0.2) is 0 Å². The highest BCUT2D eigenvalue weighted by Crippen LogP contribution is 2.21. The second kappa shape index (κ2) is 5.97. The molecule has 2 unspecified atom stereocenters. The van der Waals surface area contributed by atoms with Gasteiger partial charge in [0.15, 0.2) is 0 Å². The van der Waals surface area contributed by atoms with E-state index in [1.807, 2.05) is 22.6 Å². The Morgan fingerprint density at radius 3 is 3.22 bits per heavy atom. The van der Waals surface area contributed by atoms with E-state index in [9.17, 15) is 0 Å². The molecule has 2 aliphatic heterocycles. The Morgan fingerprint density at radius 1 is 1.44 bits per heavy atom. The summed E-state index contributed by atoms with van der Waals surface area (Å²) in [5.41, 5.74) is 1.15. The minimum Gasteiger partial charge on any atom is -0.379 e. The molecule has 2 fully saturated rings. The minimum atomic E-state index is 0.364. The molecule has 0 bridgehead atoms. The molecule has 1 aromatic rings. The fraction of sp³-hybridized carbons (Fsp3) is 0.769. The average Bonchev–Trinajstić information content (AvgIpc) is 3.03. The molecule has 0 saturated carbocycles. The second-order valence-corrected chi connectivity index (χ2v) is 6.29. The molecule has 1 N–H and O–H groups in total. The van der Waals surface area contributed by atoms with Gasteiger partial charge in [0, 0.05) is 24.6 Å². The third kappa shape index (κ3) is 3.20. The van der Waals surface area contributed by atoms with Crippen molar-refractivity contribution in [3.8, 4) is 0 Å². The largest absolute Gasteiger partial charge is 0.379 e. The van der Waals surface area contributed by atoms with E-state index in [2.05, 4.69) is 16.6 Å². The van der Waals surface area contributed by atoms with Crippen molar-refractivity contribution in [2.75, 3.05) is 23.4 Å². The molecule has 5 heteroatoms. The van der Waals surface area contributed by atoms with E-state index in [1.54, 1.807) is 0 Å². The van der Waals surface area contributed by atoms with Gasteiger partial charge in [0.25, 0.3) is 0 Å². The van der Waals surface area contributed by atoms with Gasteiger partial charge >= 0.3 is 0 Å². The van der Waals surface area contributed by atoms with Gasteiger partial charge < -0.3 is 10.1 Å². The maximum absolute atomic E-state index is 5.63. The molecule has 2 aliphatic rings. The normalized spacial score (nSPS) is 28.4. The summed E-state index contributed by atoms with van der Waals surface area (Å²) in [6.07, 6.45) is 9.38. The maximum Gasteiger partial charge on any atom is 0.0771 e. The Morgan fingerprint density at radius 2 is 2.44 bits per heavy atom. The van der Waals surface area contributed by atoms with Crippen LogP contribution in [0.2, 0.25) is 0 Å². The quantitative estimate of drug-likeness (QED) is 0.909. The van der Waals surface area contributed by atoms with Crippen molar-refractivity contribution < 1.29 is 4.74 Å². The molecule has 3 rings (SSSR count). The average molecular weight is 267 g/mol. The molecular weight excluding hydrogens is 246 g/mol. The van der Waals surface area contributed by atoms with Crippen molar-refractivity contribution in [3.63, 3.8) is 0 Å². The summed E-state index contributed by atoms with van der Waals surface area (Å²) in [6.45, 7) is 1.80. The standard InChI is InChI=1S/C13H21N3OS/c1-4-13(17-5-1)9-16-8-12(7-14-16)15-11-3-2-6-18-10-11/h7-8,11,13,15H,1-6,9-10H2. The van der Waals surface area contributed by atoms with Gasteiger partial charge in [-0.2, -0.15) is 16.9 Å². The lowest BCUT2D eigenvalue weighted by Gasteiger charge is -2.22. The molecule has 0 amide bonds. The molecule has 0 aliphatic carbocycles. The van der Waals surface area contributed by atoms with Crippen LogP contribution in [-0.2, 0) is 11.3 Å². The fourth-order valence-electron chi connectivity index (χ4n) is 2.63. The topological polar surface area (TPSA) is 39.1 Å². The predicted octanol–water partition coefficient (Wildman–Crippen LogP) is 2.37. The number of aromatic nitrogens is 2. The van der Waals surface area contributed by atoms with Crippen LogP contribution in [0.25, 0.3) is 0 Å². The van der Waals surface area contributed by atoms with Crippen molar-refractivity contribution in [1.82, 2.24) is 9.78 Å². The first-order chi connectivity index (χ1) is 8.90. The lowest BCUT2D eigenvalue weighted by Crippen LogP contribution is -2.25. The molecule has 100 valence electrons. The molecule has 2 saturated heterocycles. The molecule has 0 spiro atoms. The first-order valence-corrected chi connectivity index (χ1v) is 8.04. The van der Waals surface area contributed by atoms with E-state index >= 15 is 0 Å². The van der Waals surface area contributed by atoms with E-state index in [1.165, 1.54) is 37.2 Å². The first-order valence-electron chi connectivity index (χ1n) is 6.88. The van der Waals surface area contributed by atoms with Gasteiger partial charge in [0.2, 0.25) is 0 Å². The Labute approximate surface area is 112 Å². The number of nitrogens with zero attached hydrogens (tertiary/aromatic N) is 2. The highest BCUT2D eigenvalue weighted by Gasteiger charge is 2.17. The van der Waals surface area contributed by atoms with Gasteiger partial charge in [-0.3, -0.25) is 4.68 Å². The molecule has 1 aromatic heterocycles. The first kappa shape index (κ1) is 12.4. The Balaban J connectivity index is 1.52. The van der Waals surface area contributed by atoms with Crippen LogP contribution in [0.5, 0.6) is 0 Å². The molecule has 0 radical (unpaired) electrons. The van der Waals surface area contributed by atoms with Crippen LogP contribution in [0.1, 0.15) is 25.7 Å². The Bertz CT molecular complexity index is 370. The highest BCUT2D eigenvalue weighted by atomic mass is 32.2. The van der Waals surface area contributed by atoms with Gasteiger partial charge in [-0.15, -0.1) is 0 Å². The smallest absolute Gasteiger partial charge is 0.0771 e. The van der Waals surface area contributed by atoms with Crippen molar-refractivity contribution in [1.29, 1.82) is 0 Å². The summed E-state index contributed by atoms with van der Waals surface area (Å²) in [5, 5.41) is 7.99. The van der Waals surface area contributed by atoms with Gasteiger partial charge in [-0.05, 0) is 31.4 Å². The Hall–Kier alpha value is -0.680. The molecular formula is C13H21N3OS. The van der Waals surface area contributed by atoms with Crippen LogP contribution in [0.15, 0.2) is 12.4 Å². The van der Waals surface area contributed by atoms with Crippen molar-refractivity contribution >= 4 is 17.4 Å². The van der Waals surface area contributed by atoms with Crippen LogP contribution >= 0.6 is 11.8 Å². The van der Waals surface area contributed by atoms with Gasteiger partial charge in [0.1, 0.15) is 0 Å². The zero-order valence-corrected chi connectivity index (χ0v) is 11.5. The van der Waals surface area contributed by atoms with E-state index in [4.69, 9.17) is 4.74 Å². The molecule has 4 nitrogen and oxygen atoms in total. The number of hydrogen-bond donors (Lipinski definition) is 1. The maximum atomic E-state index is 5.63. The minimum absolute atomic E-state index is 0.364. The van der Waals surface area contributed by atoms with Crippen LogP contribution in [0, 0.1) is 0 Å². The van der Waals surface area contributed by atoms with E-state index < -0.39 is 0 Å². The lowest BCUT2D eigenvalue weighted by atomic mass is 10.2. The molecule has 18 heavy (non-hydrogen) atoms. The third-order valence-corrected chi connectivity index (χ3v) is 4.79.